The van der Waals surface area contributed by atoms with Crippen molar-refractivity contribution in [3.8, 4) is 0 Å². The summed E-state index contributed by atoms with van der Waals surface area (Å²) in [7, 11) is 6.05. The molecule has 1 aliphatic rings. The largest absolute Gasteiger partial charge is 0.363 e. The second kappa shape index (κ2) is 6.70. The van der Waals surface area contributed by atoms with Crippen molar-refractivity contribution in [1.29, 1.82) is 0 Å². The predicted molar refractivity (Wildman–Crippen MR) is 79.8 cm³/mol. The SMILES string of the molecule is CNCCC1CCCN(c2cc(N(C)C)ncn2)C1. The van der Waals surface area contributed by atoms with Crippen LogP contribution in [0.25, 0.3) is 0 Å². The third-order valence-electron chi connectivity index (χ3n) is 3.74. The Morgan fingerprint density at radius 2 is 2.26 bits per heavy atom. The van der Waals surface area contributed by atoms with E-state index in [2.05, 4.69) is 26.3 Å². The van der Waals surface area contributed by atoms with E-state index in [0.29, 0.717) is 0 Å². The number of nitrogens with one attached hydrogen (secondary N) is 1. The molecule has 0 aliphatic carbocycles. The van der Waals surface area contributed by atoms with Gasteiger partial charge in [0.25, 0.3) is 0 Å². The number of rotatable bonds is 5. The van der Waals surface area contributed by atoms with Gasteiger partial charge in [-0.05, 0) is 38.8 Å². The highest BCUT2D eigenvalue weighted by Crippen LogP contribution is 2.24. The van der Waals surface area contributed by atoms with Crippen molar-refractivity contribution in [1.82, 2.24) is 15.3 Å². The average Bonchev–Trinajstić information content (AvgIpc) is 2.45. The van der Waals surface area contributed by atoms with Gasteiger partial charge in [-0.2, -0.15) is 0 Å². The highest BCUT2D eigenvalue weighted by molar-refractivity contribution is 5.49. The molecule has 5 heteroatoms. The molecule has 1 aromatic heterocycles. The lowest BCUT2D eigenvalue weighted by Gasteiger charge is -2.33. The minimum Gasteiger partial charge on any atom is -0.363 e. The van der Waals surface area contributed by atoms with Gasteiger partial charge in [-0.3, -0.25) is 0 Å². The minimum atomic E-state index is 0.777. The number of nitrogens with zero attached hydrogens (tertiary/aromatic N) is 4. The van der Waals surface area contributed by atoms with Gasteiger partial charge in [0.05, 0.1) is 0 Å². The number of hydrogen-bond acceptors (Lipinski definition) is 5. The monoisotopic (exact) mass is 263 g/mol. The highest BCUT2D eigenvalue weighted by atomic mass is 15.2. The Balaban J connectivity index is 2.02. The van der Waals surface area contributed by atoms with Crippen molar-refractivity contribution in [2.75, 3.05) is 50.6 Å². The molecule has 2 rings (SSSR count). The number of piperidine rings is 1. The van der Waals surface area contributed by atoms with Crippen LogP contribution in [-0.4, -0.2) is 50.7 Å². The van der Waals surface area contributed by atoms with Crippen LogP contribution in [0.2, 0.25) is 0 Å². The first-order chi connectivity index (χ1) is 9.20. The summed E-state index contributed by atoms with van der Waals surface area (Å²) in [6.45, 7) is 3.33. The lowest BCUT2D eigenvalue weighted by molar-refractivity contribution is 0.386. The van der Waals surface area contributed by atoms with Gasteiger partial charge in [0.1, 0.15) is 18.0 Å². The molecule has 0 bridgehead atoms. The summed E-state index contributed by atoms with van der Waals surface area (Å²) in [5.74, 6) is 2.81. The van der Waals surface area contributed by atoms with E-state index in [0.717, 1.165) is 37.2 Å². The van der Waals surface area contributed by atoms with Gasteiger partial charge in [-0.25, -0.2) is 9.97 Å². The summed E-state index contributed by atoms with van der Waals surface area (Å²) < 4.78 is 0. The van der Waals surface area contributed by atoms with Crippen LogP contribution >= 0.6 is 0 Å². The van der Waals surface area contributed by atoms with Crippen LogP contribution in [0.5, 0.6) is 0 Å². The third-order valence-corrected chi connectivity index (χ3v) is 3.74. The molecule has 106 valence electrons. The van der Waals surface area contributed by atoms with Crippen molar-refractivity contribution >= 4 is 11.6 Å². The normalized spacial score (nSPS) is 19.5. The van der Waals surface area contributed by atoms with E-state index in [1.165, 1.54) is 19.3 Å². The van der Waals surface area contributed by atoms with Crippen molar-refractivity contribution in [2.24, 2.45) is 5.92 Å². The van der Waals surface area contributed by atoms with Crippen LogP contribution in [-0.2, 0) is 0 Å². The zero-order chi connectivity index (χ0) is 13.7. The fourth-order valence-corrected chi connectivity index (χ4v) is 2.61. The minimum absolute atomic E-state index is 0.777. The predicted octanol–water partition coefficient (Wildman–Crippen LogP) is 1.37. The molecule has 0 radical (unpaired) electrons. The summed E-state index contributed by atoms with van der Waals surface area (Å²) in [6.07, 6.45) is 5.51. The van der Waals surface area contributed by atoms with Gasteiger partial charge in [0.15, 0.2) is 0 Å². The zero-order valence-corrected chi connectivity index (χ0v) is 12.3. The van der Waals surface area contributed by atoms with Crippen LogP contribution in [0.1, 0.15) is 19.3 Å². The van der Waals surface area contributed by atoms with Crippen LogP contribution in [0.3, 0.4) is 0 Å². The number of anilines is 2. The van der Waals surface area contributed by atoms with E-state index in [4.69, 9.17) is 0 Å². The first-order valence-electron chi connectivity index (χ1n) is 7.09. The second-order valence-corrected chi connectivity index (χ2v) is 5.48. The summed E-state index contributed by atoms with van der Waals surface area (Å²) in [5, 5.41) is 3.24. The topological polar surface area (TPSA) is 44.3 Å². The van der Waals surface area contributed by atoms with Crippen molar-refractivity contribution in [2.45, 2.75) is 19.3 Å². The van der Waals surface area contributed by atoms with Crippen LogP contribution in [0, 0.1) is 5.92 Å². The molecule has 1 fully saturated rings. The van der Waals surface area contributed by atoms with Gasteiger partial charge in [0, 0.05) is 33.3 Å². The molecular weight excluding hydrogens is 238 g/mol. The molecular formula is C14H25N5. The van der Waals surface area contributed by atoms with Crippen molar-refractivity contribution < 1.29 is 0 Å². The number of aromatic nitrogens is 2. The van der Waals surface area contributed by atoms with Gasteiger partial charge in [-0.1, -0.05) is 0 Å². The Labute approximate surface area is 116 Å². The fraction of sp³-hybridized carbons (Fsp3) is 0.714. The Kier molecular flexibility index (Phi) is 4.96. The van der Waals surface area contributed by atoms with E-state index in [1.54, 1.807) is 6.33 Å². The molecule has 1 unspecified atom stereocenters. The van der Waals surface area contributed by atoms with Gasteiger partial charge in [-0.15, -0.1) is 0 Å². The molecule has 0 saturated carbocycles. The first kappa shape index (κ1) is 14.1. The Morgan fingerprint density at radius 1 is 1.42 bits per heavy atom. The van der Waals surface area contributed by atoms with Crippen LogP contribution in [0.15, 0.2) is 12.4 Å². The molecule has 0 aromatic carbocycles. The van der Waals surface area contributed by atoms with Crippen molar-refractivity contribution in [3.05, 3.63) is 12.4 Å². The molecule has 5 nitrogen and oxygen atoms in total. The van der Waals surface area contributed by atoms with E-state index < -0.39 is 0 Å². The Hall–Kier alpha value is -1.36. The molecule has 1 aliphatic heterocycles. The molecule has 1 aromatic rings. The standard InChI is InChI=1S/C14H25N5/c1-15-7-6-12-5-4-8-19(10-12)14-9-13(18(2)3)16-11-17-14/h9,11-12,15H,4-8,10H2,1-3H3. The maximum absolute atomic E-state index is 4.43. The maximum atomic E-state index is 4.43. The summed E-state index contributed by atoms with van der Waals surface area (Å²) in [6, 6.07) is 2.08. The van der Waals surface area contributed by atoms with E-state index >= 15 is 0 Å². The zero-order valence-electron chi connectivity index (χ0n) is 12.3. The smallest absolute Gasteiger partial charge is 0.134 e. The molecule has 0 spiro atoms. The van der Waals surface area contributed by atoms with E-state index in [1.807, 2.05) is 26.0 Å². The molecule has 1 N–H and O–H groups in total. The lowest BCUT2D eigenvalue weighted by atomic mass is 9.95. The van der Waals surface area contributed by atoms with Gasteiger partial charge in [0.2, 0.25) is 0 Å². The average molecular weight is 263 g/mol. The first-order valence-corrected chi connectivity index (χ1v) is 7.09. The molecule has 2 heterocycles. The Morgan fingerprint density at radius 3 is 3.00 bits per heavy atom. The highest BCUT2D eigenvalue weighted by Gasteiger charge is 2.20. The van der Waals surface area contributed by atoms with Crippen LogP contribution < -0.4 is 15.1 Å². The summed E-state index contributed by atoms with van der Waals surface area (Å²) in [4.78, 5) is 13.1. The second-order valence-electron chi connectivity index (χ2n) is 5.48. The lowest BCUT2D eigenvalue weighted by Crippen LogP contribution is -2.37. The maximum Gasteiger partial charge on any atom is 0.134 e. The van der Waals surface area contributed by atoms with Crippen molar-refractivity contribution in [3.63, 3.8) is 0 Å². The number of hydrogen-bond donors (Lipinski definition) is 1. The molecule has 1 atom stereocenters. The molecule has 19 heavy (non-hydrogen) atoms. The van der Waals surface area contributed by atoms with Crippen LogP contribution in [0.4, 0.5) is 11.6 Å². The van der Waals surface area contributed by atoms with E-state index in [-0.39, 0.29) is 0 Å². The Bertz CT molecular complexity index is 393. The molecule has 1 saturated heterocycles. The van der Waals surface area contributed by atoms with Gasteiger partial charge < -0.3 is 15.1 Å². The summed E-state index contributed by atoms with van der Waals surface area (Å²) in [5.41, 5.74) is 0. The fourth-order valence-electron chi connectivity index (χ4n) is 2.61. The molecule has 0 amide bonds. The van der Waals surface area contributed by atoms with E-state index in [9.17, 15) is 0 Å². The van der Waals surface area contributed by atoms with Gasteiger partial charge >= 0.3 is 0 Å². The quantitative estimate of drug-likeness (QED) is 0.869. The summed E-state index contributed by atoms with van der Waals surface area (Å²) >= 11 is 0. The third kappa shape index (κ3) is 3.80.